The molecule has 0 bridgehead atoms. The van der Waals surface area contributed by atoms with E-state index in [9.17, 15) is 13.2 Å². The highest BCUT2D eigenvalue weighted by atomic mass is 19.4. The number of hydrogen-bond acceptors (Lipinski definition) is 4. The topological polar surface area (TPSA) is 42.2 Å². The van der Waals surface area contributed by atoms with Crippen LogP contribution in [0.4, 0.5) is 13.2 Å². The number of halogens is 3. The van der Waals surface area contributed by atoms with Gasteiger partial charge in [0.15, 0.2) is 5.82 Å². The van der Waals surface area contributed by atoms with Crippen LogP contribution in [-0.4, -0.2) is 34.3 Å². The fourth-order valence-electron chi connectivity index (χ4n) is 2.16. The molecular weight excluding hydrogens is 247 g/mol. The van der Waals surface area contributed by atoms with E-state index in [1.807, 2.05) is 6.92 Å². The molecule has 0 unspecified atom stereocenters. The van der Waals surface area contributed by atoms with E-state index in [2.05, 4.69) is 10.1 Å². The number of rotatable bonds is 3. The molecule has 2 rings (SSSR count). The third-order valence-electron chi connectivity index (χ3n) is 3.15. The monoisotopic (exact) mass is 263 g/mol. The molecule has 2 heterocycles. The van der Waals surface area contributed by atoms with Crippen molar-refractivity contribution in [2.24, 2.45) is 5.92 Å². The van der Waals surface area contributed by atoms with Crippen LogP contribution in [0.5, 0.6) is 0 Å². The highest BCUT2D eigenvalue weighted by Crippen LogP contribution is 2.33. The molecule has 1 aromatic rings. The van der Waals surface area contributed by atoms with Crippen molar-refractivity contribution in [1.82, 2.24) is 15.0 Å². The van der Waals surface area contributed by atoms with Crippen LogP contribution in [0.2, 0.25) is 0 Å². The maximum atomic E-state index is 12.6. The van der Waals surface area contributed by atoms with Crippen molar-refractivity contribution in [1.29, 1.82) is 0 Å². The van der Waals surface area contributed by atoms with Gasteiger partial charge in [-0.3, -0.25) is 4.90 Å². The zero-order chi connectivity index (χ0) is 13.2. The van der Waals surface area contributed by atoms with E-state index in [4.69, 9.17) is 4.52 Å². The molecule has 0 spiro atoms. The van der Waals surface area contributed by atoms with Gasteiger partial charge in [-0.25, -0.2) is 0 Å². The van der Waals surface area contributed by atoms with E-state index in [0.717, 1.165) is 0 Å². The number of aryl methyl sites for hydroxylation is 1. The average molecular weight is 263 g/mol. The van der Waals surface area contributed by atoms with Crippen LogP contribution >= 0.6 is 0 Å². The Balaban J connectivity index is 1.93. The molecule has 1 aliphatic rings. The first-order valence-corrected chi connectivity index (χ1v) is 6.09. The minimum atomic E-state index is -4.11. The van der Waals surface area contributed by atoms with Crippen LogP contribution < -0.4 is 0 Å². The molecule has 1 aliphatic heterocycles. The van der Waals surface area contributed by atoms with Crippen molar-refractivity contribution in [3.8, 4) is 0 Å². The number of likely N-dealkylation sites (tertiary alicyclic amines) is 1. The number of piperidine rings is 1. The zero-order valence-corrected chi connectivity index (χ0v) is 10.2. The highest BCUT2D eigenvalue weighted by molar-refractivity contribution is 4.87. The maximum Gasteiger partial charge on any atom is 0.393 e. The Bertz CT molecular complexity index is 391. The predicted octanol–water partition coefficient (Wildman–Crippen LogP) is 2.41. The zero-order valence-electron chi connectivity index (χ0n) is 10.2. The Hall–Kier alpha value is -1.11. The van der Waals surface area contributed by atoms with Crippen LogP contribution in [0.3, 0.4) is 0 Å². The first-order valence-electron chi connectivity index (χ1n) is 6.09. The number of aromatic nitrogens is 2. The van der Waals surface area contributed by atoms with E-state index in [-0.39, 0.29) is 13.0 Å². The van der Waals surface area contributed by atoms with Crippen molar-refractivity contribution in [3.63, 3.8) is 0 Å². The maximum absolute atomic E-state index is 12.6. The summed E-state index contributed by atoms with van der Waals surface area (Å²) in [7, 11) is 0. The Morgan fingerprint density at radius 1 is 1.44 bits per heavy atom. The van der Waals surface area contributed by atoms with Crippen LogP contribution in [0.25, 0.3) is 0 Å². The van der Waals surface area contributed by atoms with Crippen LogP contribution in [0.1, 0.15) is 31.5 Å². The van der Waals surface area contributed by atoms with E-state index in [1.54, 1.807) is 4.90 Å². The van der Waals surface area contributed by atoms with E-state index < -0.39 is 12.1 Å². The van der Waals surface area contributed by atoms with Gasteiger partial charge in [-0.15, -0.1) is 0 Å². The summed E-state index contributed by atoms with van der Waals surface area (Å²) >= 11 is 0. The lowest BCUT2D eigenvalue weighted by molar-refractivity contribution is -0.187. The lowest BCUT2D eigenvalue weighted by atomic mass is 9.97. The second kappa shape index (κ2) is 5.26. The lowest BCUT2D eigenvalue weighted by Crippen LogP contribution is -2.41. The smallest absolute Gasteiger partial charge is 0.338 e. The first-order chi connectivity index (χ1) is 8.49. The summed E-state index contributed by atoms with van der Waals surface area (Å²) in [5.41, 5.74) is 0. The summed E-state index contributed by atoms with van der Waals surface area (Å²) in [5.74, 6) is -0.246. The Morgan fingerprint density at radius 2 is 2.22 bits per heavy atom. The minimum Gasteiger partial charge on any atom is -0.338 e. The molecule has 102 valence electrons. The lowest BCUT2D eigenvalue weighted by Gasteiger charge is -2.32. The summed E-state index contributed by atoms with van der Waals surface area (Å²) < 4.78 is 42.9. The van der Waals surface area contributed by atoms with Crippen LogP contribution in [0, 0.1) is 5.92 Å². The summed E-state index contributed by atoms with van der Waals surface area (Å²) in [6.07, 6.45) is -2.68. The van der Waals surface area contributed by atoms with Gasteiger partial charge in [0.25, 0.3) is 0 Å². The van der Waals surface area contributed by atoms with Gasteiger partial charge in [0.2, 0.25) is 5.89 Å². The molecule has 1 atom stereocenters. The van der Waals surface area contributed by atoms with Gasteiger partial charge >= 0.3 is 6.18 Å². The first kappa shape index (κ1) is 13.3. The molecule has 0 amide bonds. The van der Waals surface area contributed by atoms with Crippen molar-refractivity contribution in [2.45, 2.75) is 38.9 Å². The average Bonchev–Trinajstić information content (AvgIpc) is 2.76. The van der Waals surface area contributed by atoms with Crippen LogP contribution in [0.15, 0.2) is 4.52 Å². The Labute approximate surface area is 103 Å². The Kier molecular flexibility index (Phi) is 3.89. The molecule has 0 aromatic carbocycles. The summed E-state index contributed by atoms with van der Waals surface area (Å²) in [5, 5.41) is 3.73. The molecule has 0 saturated carbocycles. The second-order valence-electron chi connectivity index (χ2n) is 4.57. The molecule has 1 saturated heterocycles. The third-order valence-corrected chi connectivity index (χ3v) is 3.15. The van der Waals surface area contributed by atoms with Gasteiger partial charge in [0.05, 0.1) is 12.5 Å². The normalized spacial score (nSPS) is 22.3. The molecule has 1 fully saturated rings. The number of alkyl halides is 3. The summed E-state index contributed by atoms with van der Waals surface area (Å²) in [6.45, 7) is 2.87. The van der Waals surface area contributed by atoms with Crippen molar-refractivity contribution >= 4 is 0 Å². The van der Waals surface area contributed by atoms with Gasteiger partial charge in [-0.2, -0.15) is 18.2 Å². The standard InChI is InChI=1S/C11H16F3N3O/c1-2-9-15-10(18-16-9)7-17-5-3-4-8(6-17)11(12,13)14/h8H,2-7H2,1H3/t8-/m0/s1. The van der Waals surface area contributed by atoms with Gasteiger partial charge in [0, 0.05) is 13.0 Å². The van der Waals surface area contributed by atoms with Crippen LogP contribution in [-0.2, 0) is 13.0 Å². The molecular formula is C11H16F3N3O. The highest BCUT2D eigenvalue weighted by Gasteiger charge is 2.41. The molecule has 0 N–H and O–H groups in total. The predicted molar refractivity (Wildman–Crippen MR) is 57.7 cm³/mol. The second-order valence-corrected chi connectivity index (χ2v) is 4.57. The molecule has 0 radical (unpaired) electrons. The fraction of sp³-hybridized carbons (Fsp3) is 0.818. The van der Waals surface area contributed by atoms with Crippen molar-refractivity contribution in [3.05, 3.63) is 11.7 Å². The molecule has 1 aromatic heterocycles. The largest absolute Gasteiger partial charge is 0.393 e. The third kappa shape index (κ3) is 3.22. The van der Waals surface area contributed by atoms with Gasteiger partial charge < -0.3 is 4.52 Å². The van der Waals surface area contributed by atoms with E-state index in [0.29, 0.717) is 37.6 Å². The minimum absolute atomic E-state index is 0.0212. The quantitative estimate of drug-likeness (QED) is 0.839. The molecule has 0 aliphatic carbocycles. The summed E-state index contributed by atoms with van der Waals surface area (Å²) in [6, 6.07) is 0. The Morgan fingerprint density at radius 3 is 2.83 bits per heavy atom. The van der Waals surface area contributed by atoms with Gasteiger partial charge in [0.1, 0.15) is 0 Å². The number of hydrogen-bond donors (Lipinski definition) is 0. The molecule has 4 nitrogen and oxygen atoms in total. The van der Waals surface area contributed by atoms with Gasteiger partial charge in [-0.1, -0.05) is 12.1 Å². The molecule has 7 heteroatoms. The molecule has 18 heavy (non-hydrogen) atoms. The van der Waals surface area contributed by atoms with Crippen molar-refractivity contribution in [2.75, 3.05) is 13.1 Å². The van der Waals surface area contributed by atoms with E-state index >= 15 is 0 Å². The number of nitrogens with zero attached hydrogens (tertiary/aromatic N) is 3. The van der Waals surface area contributed by atoms with Crippen molar-refractivity contribution < 1.29 is 17.7 Å². The van der Waals surface area contributed by atoms with E-state index in [1.165, 1.54) is 0 Å². The fourth-order valence-corrected chi connectivity index (χ4v) is 2.16. The van der Waals surface area contributed by atoms with Gasteiger partial charge in [-0.05, 0) is 19.4 Å². The SMILES string of the molecule is CCc1noc(CN2CCC[C@H](C(F)(F)F)C2)n1. The summed E-state index contributed by atoms with van der Waals surface area (Å²) in [4.78, 5) is 5.84.